The number of benzene rings is 3. The van der Waals surface area contributed by atoms with Crippen LogP contribution in [0, 0.1) is 11.7 Å². The molecule has 8 heteroatoms. The van der Waals surface area contributed by atoms with Gasteiger partial charge in [-0.05, 0) is 46.9 Å². The lowest BCUT2D eigenvalue weighted by Gasteiger charge is -2.38. The lowest BCUT2D eigenvalue weighted by atomic mass is 9.89. The predicted octanol–water partition coefficient (Wildman–Crippen LogP) is 4.23. The summed E-state index contributed by atoms with van der Waals surface area (Å²) in [5.74, 6) is -1.44. The number of hydrogen-bond donors (Lipinski definition) is 3. The summed E-state index contributed by atoms with van der Waals surface area (Å²) < 4.78 is 13.2. The Kier molecular flexibility index (Phi) is 6.17. The van der Waals surface area contributed by atoms with E-state index in [9.17, 15) is 18.8 Å². The molecule has 0 fully saturated rings. The monoisotopic (exact) mass is 524 g/mol. The van der Waals surface area contributed by atoms with Crippen molar-refractivity contribution < 1.29 is 18.8 Å². The summed E-state index contributed by atoms with van der Waals surface area (Å²) in [6.45, 7) is 3.93. The Bertz CT molecular complexity index is 1590. The van der Waals surface area contributed by atoms with Crippen LogP contribution in [0.5, 0.6) is 0 Å². The maximum Gasteiger partial charge on any atom is 0.255 e. The van der Waals surface area contributed by atoms with Crippen molar-refractivity contribution in [1.82, 2.24) is 20.5 Å². The molecule has 0 aliphatic carbocycles. The van der Waals surface area contributed by atoms with Gasteiger partial charge in [-0.1, -0.05) is 62.4 Å². The van der Waals surface area contributed by atoms with Gasteiger partial charge < -0.3 is 20.5 Å². The van der Waals surface area contributed by atoms with Crippen molar-refractivity contribution in [1.29, 1.82) is 0 Å². The molecule has 2 aliphatic heterocycles. The van der Waals surface area contributed by atoms with Gasteiger partial charge in [0.15, 0.2) is 0 Å². The first-order valence-corrected chi connectivity index (χ1v) is 13.2. The van der Waals surface area contributed by atoms with E-state index in [-0.39, 0.29) is 36.0 Å². The molecule has 2 aliphatic rings. The first-order valence-electron chi connectivity index (χ1n) is 13.2. The van der Waals surface area contributed by atoms with Gasteiger partial charge in [-0.2, -0.15) is 0 Å². The fraction of sp³-hybridized carbons (Fsp3) is 0.258. The third-order valence-corrected chi connectivity index (χ3v) is 7.78. The molecular weight excluding hydrogens is 495 g/mol. The van der Waals surface area contributed by atoms with Crippen LogP contribution in [-0.2, 0) is 22.6 Å². The maximum atomic E-state index is 13.9. The average molecular weight is 525 g/mol. The zero-order chi connectivity index (χ0) is 27.3. The Morgan fingerprint density at radius 3 is 2.51 bits per heavy atom. The second-order valence-electron chi connectivity index (χ2n) is 10.6. The quantitative estimate of drug-likeness (QED) is 0.352. The third kappa shape index (κ3) is 4.26. The number of amides is 3. The van der Waals surface area contributed by atoms with Crippen LogP contribution in [0.4, 0.5) is 4.39 Å². The molecule has 3 N–H and O–H groups in total. The van der Waals surface area contributed by atoms with E-state index >= 15 is 0 Å². The van der Waals surface area contributed by atoms with Crippen LogP contribution in [0.1, 0.15) is 52.6 Å². The van der Waals surface area contributed by atoms with Crippen LogP contribution in [0.25, 0.3) is 10.9 Å². The highest BCUT2D eigenvalue weighted by molar-refractivity contribution is 6.04. The van der Waals surface area contributed by atoms with E-state index < -0.39 is 18.1 Å². The molecule has 0 unspecified atom stereocenters. The average Bonchev–Trinajstić information content (AvgIpc) is 3.46. The molecule has 3 aromatic carbocycles. The Balaban J connectivity index is 1.30. The van der Waals surface area contributed by atoms with E-state index in [0.29, 0.717) is 12.0 Å². The number of rotatable bonds is 6. The van der Waals surface area contributed by atoms with Gasteiger partial charge in [-0.25, -0.2) is 4.39 Å². The second kappa shape index (κ2) is 9.69. The lowest BCUT2D eigenvalue weighted by molar-refractivity contribution is -0.133. The zero-order valence-corrected chi connectivity index (χ0v) is 21.7. The van der Waals surface area contributed by atoms with Crippen molar-refractivity contribution in [3.05, 3.63) is 107 Å². The molecule has 0 saturated heterocycles. The molecule has 0 spiro atoms. The van der Waals surface area contributed by atoms with Crippen LogP contribution >= 0.6 is 0 Å². The van der Waals surface area contributed by atoms with Gasteiger partial charge in [-0.3, -0.25) is 14.4 Å². The van der Waals surface area contributed by atoms with Gasteiger partial charge in [0.25, 0.3) is 5.91 Å². The summed E-state index contributed by atoms with van der Waals surface area (Å²) in [6.07, 6.45) is 0.337. The van der Waals surface area contributed by atoms with Gasteiger partial charge >= 0.3 is 0 Å². The summed E-state index contributed by atoms with van der Waals surface area (Å²) in [5.41, 5.74) is 5.10. The Labute approximate surface area is 225 Å². The smallest absolute Gasteiger partial charge is 0.255 e. The summed E-state index contributed by atoms with van der Waals surface area (Å²) in [6, 6.07) is 19.3. The number of halogens is 1. The van der Waals surface area contributed by atoms with E-state index in [1.807, 2.05) is 56.3 Å². The molecule has 39 heavy (non-hydrogen) atoms. The minimum absolute atomic E-state index is 0.193. The summed E-state index contributed by atoms with van der Waals surface area (Å²) in [7, 11) is 0. The fourth-order valence-electron chi connectivity index (χ4n) is 5.82. The molecule has 0 saturated carbocycles. The number of nitrogens with one attached hydrogen (secondary N) is 3. The number of H-pyrrole nitrogens is 1. The molecule has 0 radical (unpaired) electrons. The fourth-order valence-corrected chi connectivity index (χ4v) is 5.82. The molecule has 198 valence electrons. The van der Waals surface area contributed by atoms with E-state index in [2.05, 4.69) is 15.6 Å². The normalized spacial score (nSPS) is 18.5. The van der Waals surface area contributed by atoms with E-state index in [1.165, 1.54) is 12.1 Å². The number of para-hydroxylation sites is 1. The molecule has 3 amide bonds. The summed E-state index contributed by atoms with van der Waals surface area (Å²) >= 11 is 0. The number of fused-ring (bicyclic) bond motifs is 7. The molecule has 6 rings (SSSR count). The van der Waals surface area contributed by atoms with Crippen LogP contribution in [0.2, 0.25) is 0 Å². The van der Waals surface area contributed by atoms with Gasteiger partial charge in [-0.15, -0.1) is 0 Å². The topological polar surface area (TPSA) is 94.3 Å². The second-order valence-corrected chi connectivity index (χ2v) is 10.6. The highest BCUT2D eigenvalue weighted by Gasteiger charge is 2.49. The first kappa shape index (κ1) is 24.9. The van der Waals surface area contributed by atoms with Crippen molar-refractivity contribution in [2.24, 2.45) is 5.92 Å². The molecule has 3 heterocycles. The standard InChI is InChI=1S/C31H29FN4O3/c1-17(2)26(30(38)33-16-18-11-13-19(32)14-12-18)35-29(37)25-15-23-20-7-5-6-10-24(20)34-27(23)28-21-8-3-4-9-22(21)31(39)36(25)28/h3-14,17,25-26,28,34H,15-16H2,1-2H3,(H,33,38)(H,35,37)/t25-,26-,28+/m0/s1. The van der Waals surface area contributed by atoms with Gasteiger partial charge in [0.05, 0.1) is 6.04 Å². The van der Waals surface area contributed by atoms with Crippen LogP contribution in [-0.4, -0.2) is 39.7 Å². The van der Waals surface area contributed by atoms with E-state index in [1.54, 1.807) is 23.1 Å². The number of nitrogens with zero attached hydrogens (tertiary/aromatic N) is 1. The molecular formula is C31H29FN4O3. The molecule has 0 bridgehead atoms. The van der Waals surface area contributed by atoms with E-state index in [4.69, 9.17) is 0 Å². The van der Waals surface area contributed by atoms with E-state index in [0.717, 1.165) is 33.3 Å². The molecule has 4 aromatic rings. The Morgan fingerprint density at radius 1 is 1.03 bits per heavy atom. The third-order valence-electron chi connectivity index (χ3n) is 7.78. The number of hydrogen-bond acceptors (Lipinski definition) is 3. The van der Waals surface area contributed by atoms with Gasteiger partial charge in [0.1, 0.15) is 17.9 Å². The highest BCUT2D eigenvalue weighted by Crippen LogP contribution is 2.46. The Morgan fingerprint density at radius 2 is 1.74 bits per heavy atom. The van der Waals surface area contributed by atoms with Crippen molar-refractivity contribution >= 4 is 28.6 Å². The van der Waals surface area contributed by atoms with Crippen LogP contribution in [0.3, 0.4) is 0 Å². The minimum atomic E-state index is -0.805. The highest BCUT2D eigenvalue weighted by atomic mass is 19.1. The van der Waals surface area contributed by atoms with Crippen molar-refractivity contribution in [2.75, 3.05) is 0 Å². The van der Waals surface area contributed by atoms with Crippen LogP contribution in [0.15, 0.2) is 72.8 Å². The molecule has 1 aromatic heterocycles. The van der Waals surface area contributed by atoms with Crippen molar-refractivity contribution in [3.8, 4) is 0 Å². The minimum Gasteiger partial charge on any atom is -0.356 e. The van der Waals surface area contributed by atoms with Crippen molar-refractivity contribution in [3.63, 3.8) is 0 Å². The Hall–Kier alpha value is -4.46. The molecule has 7 nitrogen and oxygen atoms in total. The number of carbonyl (C=O) groups excluding carboxylic acids is 3. The first-order chi connectivity index (χ1) is 18.8. The number of aromatic amines is 1. The zero-order valence-electron chi connectivity index (χ0n) is 21.7. The summed E-state index contributed by atoms with van der Waals surface area (Å²) in [4.78, 5) is 45.9. The van der Waals surface area contributed by atoms with Crippen molar-refractivity contribution in [2.45, 2.75) is 44.9 Å². The number of carbonyl (C=O) groups is 3. The largest absolute Gasteiger partial charge is 0.356 e. The van der Waals surface area contributed by atoms with Gasteiger partial charge in [0, 0.05) is 35.1 Å². The van der Waals surface area contributed by atoms with Crippen LogP contribution < -0.4 is 10.6 Å². The SMILES string of the molecule is CC(C)[C@H](NC(=O)[C@@H]1Cc2c([nH]c3ccccc23)[C@H]2c3ccccc3C(=O)N21)C(=O)NCc1ccc(F)cc1. The maximum absolute atomic E-state index is 13.9. The van der Waals surface area contributed by atoms with Gasteiger partial charge in [0.2, 0.25) is 11.8 Å². The molecule has 3 atom stereocenters. The predicted molar refractivity (Wildman–Crippen MR) is 145 cm³/mol. The lowest BCUT2D eigenvalue weighted by Crippen LogP contribution is -2.57. The number of aromatic nitrogens is 1. The summed E-state index contributed by atoms with van der Waals surface area (Å²) in [5, 5.41) is 6.83.